The molecular formula is C23H20N8O2S. The molecule has 0 spiro atoms. The van der Waals surface area contributed by atoms with E-state index >= 15 is 0 Å². The zero-order valence-electron chi connectivity index (χ0n) is 17.8. The molecule has 0 fully saturated rings. The van der Waals surface area contributed by atoms with Gasteiger partial charge >= 0.3 is 0 Å². The monoisotopic (exact) mass is 472 g/mol. The van der Waals surface area contributed by atoms with Gasteiger partial charge in [-0.1, -0.05) is 24.3 Å². The zero-order valence-corrected chi connectivity index (χ0v) is 18.6. The Hall–Kier alpha value is -4.64. The van der Waals surface area contributed by atoms with Gasteiger partial charge in [0.1, 0.15) is 17.2 Å². The minimum absolute atomic E-state index is 0.0627. The van der Waals surface area contributed by atoms with Crippen molar-refractivity contribution in [3.8, 4) is 0 Å². The van der Waals surface area contributed by atoms with Crippen LogP contribution >= 0.6 is 0 Å². The molecule has 0 saturated carbocycles. The molecule has 3 aromatic carbocycles. The topological polar surface area (TPSA) is 161 Å². The van der Waals surface area contributed by atoms with Gasteiger partial charge in [-0.15, -0.1) is 10.2 Å². The summed E-state index contributed by atoms with van der Waals surface area (Å²) < 4.78 is 27.4. The number of sulfonamides is 1. The van der Waals surface area contributed by atoms with Gasteiger partial charge in [0.25, 0.3) is 10.0 Å². The minimum atomic E-state index is -3.79. The summed E-state index contributed by atoms with van der Waals surface area (Å²) in [4.78, 5) is 4.03. The molecular weight excluding hydrogens is 452 g/mol. The van der Waals surface area contributed by atoms with Crippen LogP contribution in [0.1, 0.15) is 0 Å². The SMILES string of the molecule is Nc1cc(N)c(N=Nc2ccc(S(=O)(=O)Nc3ccccn3)cc2)cc1N=Nc1ccccc1. The summed E-state index contributed by atoms with van der Waals surface area (Å²) in [5.74, 6) is 0.227. The summed E-state index contributed by atoms with van der Waals surface area (Å²) in [5, 5.41) is 16.6. The van der Waals surface area contributed by atoms with E-state index in [9.17, 15) is 8.42 Å². The number of hydrogen-bond acceptors (Lipinski definition) is 9. The largest absolute Gasteiger partial charge is 0.397 e. The van der Waals surface area contributed by atoms with Crippen LogP contribution in [0.5, 0.6) is 0 Å². The van der Waals surface area contributed by atoms with Crippen LogP contribution in [0.3, 0.4) is 0 Å². The van der Waals surface area contributed by atoms with Crippen LogP contribution in [0.2, 0.25) is 0 Å². The van der Waals surface area contributed by atoms with Crippen molar-refractivity contribution in [2.75, 3.05) is 16.2 Å². The van der Waals surface area contributed by atoms with Crippen LogP contribution in [-0.2, 0) is 10.0 Å². The molecule has 0 radical (unpaired) electrons. The Kier molecular flexibility index (Phi) is 6.55. The summed E-state index contributed by atoms with van der Waals surface area (Å²) in [6.07, 6.45) is 1.50. The molecule has 0 amide bonds. The van der Waals surface area contributed by atoms with Crippen LogP contribution in [-0.4, -0.2) is 13.4 Å². The van der Waals surface area contributed by atoms with Gasteiger partial charge in [-0.05, 0) is 60.7 Å². The lowest BCUT2D eigenvalue weighted by Gasteiger charge is -2.07. The van der Waals surface area contributed by atoms with Crippen molar-refractivity contribution < 1.29 is 8.42 Å². The molecule has 1 heterocycles. The maximum Gasteiger partial charge on any atom is 0.263 e. The maximum atomic E-state index is 12.5. The van der Waals surface area contributed by atoms with Gasteiger partial charge in [0.2, 0.25) is 0 Å². The Morgan fingerprint density at radius 1 is 0.676 bits per heavy atom. The molecule has 4 aromatic rings. The highest BCUT2D eigenvalue weighted by Crippen LogP contribution is 2.35. The van der Waals surface area contributed by atoms with Crippen molar-refractivity contribution in [2.24, 2.45) is 20.5 Å². The second-order valence-corrected chi connectivity index (χ2v) is 8.70. The standard InChI is InChI=1S/C23H20N8O2S/c24-19-14-20(25)22(15-21(19)29-27-16-6-2-1-3-7-16)30-28-17-9-11-18(12-10-17)34(32,33)31-23-8-4-5-13-26-23/h1-15H,24-25H2,(H,26,31). The van der Waals surface area contributed by atoms with E-state index in [1.807, 2.05) is 30.3 Å². The molecule has 11 heteroatoms. The van der Waals surface area contributed by atoms with Gasteiger partial charge in [0, 0.05) is 6.20 Å². The number of aromatic nitrogens is 1. The summed E-state index contributed by atoms with van der Waals surface area (Å²) in [5.41, 5.74) is 14.5. The lowest BCUT2D eigenvalue weighted by Crippen LogP contribution is -2.13. The number of pyridine rings is 1. The predicted molar refractivity (Wildman–Crippen MR) is 132 cm³/mol. The fourth-order valence-electron chi connectivity index (χ4n) is 2.81. The lowest BCUT2D eigenvalue weighted by atomic mass is 10.2. The molecule has 10 nitrogen and oxygen atoms in total. The van der Waals surface area contributed by atoms with E-state index < -0.39 is 10.0 Å². The Balaban J connectivity index is 1.51. The number of nitrogens with zero attached hydrogens (tertiary/aromatic N) is 5. The molecule has 0 atom stereocenters. The van der Waals surface area contributed by atoms with E-state index in [2.05, 4.69) is 30.2 Å². The van der Waals surface area contributed by atoms with Crippen molar-refractivity contribution >= 4 is 50.0 Å². The third kappa shape index (κ3) is 5.58. The van der Waals surface area contributed by atoms with Crippen molar-refractivity contribution in [2.45, 2.75) is 4.90 Å². The first-order valence-corrected chi connectivity index (χ1v) is 11.5. The number of rotatable bonds is 7. The number of anilines is 3. The number of benzene rings is 3. The molecule has 0 unspecified atom stereocenters. The number of nitrogens with two attached hydrogens (primary N) is 2. The molecule has 0 saturated heterocycles. The highest BCUT2D eigenvalue weighted by atomic mass is 32.2. The lowest BCUT2D eigenvalue weighted by molar-refractivity contribution is 0.601. The van der Waals surface area contributed by atoms with Crippen LogP contribution in [0.4, 0.5) is 39.9 Å². The van der Waals surface area contributed by atoms with E-state index in [0.717, 1.165) is 0 Å². The third-order valence-corrected chi connectivity index (χ3v) is 5.90. The molecule has 0 aliphatic rings. The molecule has 4 rings (SSSR count). The average Bonchev–Trinajstić information content (AvgIpc) is 2.84. The van der Waals surface area contributed by atoms with Crippen molar-refractivity contribution in [1.29, 1.82) is 0 Å². The van der Waals surface area contributed by atoms with E-state index in [0.29, 0.717) is 34.1 Å². The summed E-state index contributed by atoms with van der Waals surface area (Å²) in [7, 11) is -3.79. The van der Waals surface area contributed by atoms with E-state index in [1.54, 1.807) is 24.3 Å². The third-order valence-electron chi connectivity index (χ3n) is 4.53. The average molecular weight is 473 g/mol. The normalized spacial score (nSPS) is 11.8. The molecule has 1 aromatic heterocycles. The van der Waals surface area contributed by atoms with Crippen LogP contribution < -0.4 is 16.2 Å². The van der Waals surface area contributed by atoms with Gasteiger partial charge in [0.15, 0.2) is 0 Å². The van der Waals surface area contributed by atoms with Crippen LogP contribution in [0, 0.1) is 0 Å². The van der Waals surface area contributed by atoms with Crippen molar-refractivity contribution in [3.05, 3.63) is 91.1 Å². The Morgan fingerprint density at radius 2 is 1.26 bits per heavy atom. The van der Waals surface area contributed by atoms with Gasteiger partial charge < -0.3 is 11.5 Å². The quantitative estimate of drug-likeness (QED) is 0.226. The molecule has 0 aliphatic heterocycles. The number of hydrogen-bond donors (Lipinski definition) is 3. The van der Waals surface area contributed by atoms with E-state index in [-0.39, 0.29) is 10.7 Å². The fraction of sp³-hybridized carbons (Fsp3) is 0. The number of azo groups is 2. The second-order valence-electron chi connectivity index (χ2n) is 7.02. The first-order valence-electron chi connectivity index (χ1n) is 10.0. The van der Waals surface area contributed by atoms with Gasteiger partial charge in [-0.2, -0.15) is 10.2 Å². The predicted octanol–water partition coefficient (Wildman–Crippen LogP) is 5.88. The first kappa shape index (κ1) is 22.6. The highest BCUT2D eigenvalue weighted by molar-refractivity contribution is 7.92. The van der Waals surface area contributed by atoms with Gasteiger partial charge in [-0.3, -0.25) is 4.72 Å². The summed E-state index contributed by atoms with van der Waals surface area (Å²) >= 11 is 0. The van der Waals surface area contributed by atoms with Crippen LogP contribution in [0.15, 0.2) is 116 Å². The Labute approximate surface area is 196 Å². The molecule has 0 bridgehead atoms. The van der Waals surface area contributed by atoms with Crippen molar-refractivity contribution in [1.82, 2.24) is 4.98 Å². The molecule has 5 N–H and O–H groups in total. The summed E-state index contributed by atoms with van der Waals surface area (Å²) in [6, 6.07) is 23.2. The highest BCUT2D eigenvalue weighted by Gasteiger charge is 2.14. The van der Waals surface area contributed by atoms with E-state index in [4.69, 9.17) is 11.5 Å². The van der Waals surface area contributed by atoms with Crippen LogP contribution in [0.25, 0.3) is 0 Å². The van der Waals surface area contributed by atoms with Crippen molar-refractivity contribution in [3.63, 3.8) is 0 Å². The Morgan fingerprint density at radius 3 is 1.85 bits per heavy atom. The fourth-order valence-corrected chi connectivity index (χ4v) is 3.82. The minimum Gasteiger partial charge on any atom is -0.397 e. The Bertz CT molecular complexity index is 1440. The number of nitrogen functional groups attached to an aromatic ring is 2. The second kappa shape index (κ2) is 9.88. The first-order chi connectivity index (χ1) is 16.4. The molecule has 170 valence electrons. The summed E-state index contributed by atoms with van der Waals surface area (Å²) in [6.45, 7) is 0. The van der Waals surface area contributed by atoms with Gasteiger partial charge in [0.05, 0.1) is 27.6 Å². The number of nitrogens with one attached hydrogen (secondary N) is 1. The van der Waals surface area contributed by atoms with E-state index in [1.165, 1.54) is 36.5 Å². The van der Waals surface area contributed by atoms with Gasteiger partial charge in [-0.25, -0.2) is 13.4 Å². The zero-order chi connectivity index (χ0) is 24.0. The molecule has 0 aliphatic carbocycles. The maximum absolute atomic E-state index is 12.5. The molecule has 34 heavy (non-hydrogen) atoms. The smallest absolute Gasteiger partial charge is 0.263 e.